The monoisotopic (exact) mass is 233 g/mol. The fraction of sp³-hybridized carbons (Fsp3) is 0.778. The van der Waals surface area contributed by atoms with Gasteiger partial charge in [0.15, 0.2) is 5.11 Å². The van der Waals surface area contributed by atoms with Crippen LogP contribution in [-0.2, 0) is 4.79 Å². The van der Waals surface area contributed by atoms with Crippen molar-refractivity contribution < 1.29 is 9.90 Å². The van der Waals surface area contributed by atoms with Crippen molar-refractivity contribution in [2.75, 3.05) is 6.54 Å². The summed E-state index contributed by atoms with van der Waals surface area (Å²) in [6.07, 6.45) is -0.594. The van der Waals surface area contributed by atoms with Crippen LogP contribution in [0.25, 0.3) is 0 Å². The van der Waals surface area contributed by atoms with E-state index in [1.807, 2.05) is 0 Å². The molecule has 1 atom stereocenters. The Morgan fingerprint density at radius 2 is 1.93 bits per heavy atom. The molecule has 5 nitrogen and oxygen atoms in total. The average Bonchev–Trinajstić information content (AvgIpc) is 2.10. The third-order valence-electron chi connectivity index (χ3n) is 1.47. The minimum absolute atomic E-state index is 0.0554. The first-order chi connectivity index (χ1) is 6.91. The molecule has 15 heavy (non-hydrogen) atoms. The van der Waals surface area contributed by atoms with Crippen LogP contribution in [0.15, 0.2) is 0 Å². The van der Waals surface area contributed by atoms with E-state index in [2.05, 4.69) is 30.0 Å². The molecule has 1 amide bonds. The maximum absolute atomic E-state index is 11.1. The van der Waals surface area contributed by atoms with E-state index in [0.29, 0.717) is 11.0 Å². The lowest BCUT2D eigenvalue weighted by atomic mass is 10.2. The van der Waals surface area contributed by atoms with E-state index in [1.165, 1.54) is 0 Å². The topological polar surface area (TPSA) is 73.4 Å². The molecule has 0 radical (unpaired) electrons. The van der Waals surface area contributed by atoms with Gasteiger partial charge in [-0.25, -0.2) is 0 Å². The summed E-state index contributed by atoms with van der Waals surface area (Å²) in [6, 6.07) is 0. The van der Waals surface area contributed by atoms with Gasteiger partial charge in [-0.3, -0.25) is 15.6 Å². The molecule has 0 heterocycles. The lowest BCUT2D eigenvalue weighted by Gasteiger charge is -2.13. The molecule has 0 aromatic heterocycles. The van der Waals surface area contributed by atoms with Crippen molar-refractivity contribution in [1.29, 1.82) is 0 Å². The maximum atomic E-state index is 11.1. The predicted molar refractivity (Wildman–Crippen MR) is 63.0 cm³/mol. The van der Waals surface area contributed by atoms with Crippen molar-refractivity contribution in [1.82, 2.24) is 16.2 Å². The van der Waals surface area contributed by atoms with Crippen molar-refractivity contribution >= 4 is 23.2 Å². The molecule has 6 heteroatoms. The van der Waals surface area contributed by atoms with Crippen molar-refractivity contribution in [2.45, 2.75) is 33.3 Å². The summed E-state index contributed by atoms with van der Waals surface area (Å²) in [5, 5.41) is 12.2. The number of thiocarbonyl (C=S) groups is 1. The SMILES string of the molecule is CC(C)CNC(=S)NNC(=O)C[C@H](C)O. The number of aliphatic hydroxyl groups is 1. The van der Waals surface area contributed by atoms with Gasteiger partial charge in [0.1, 0.15) is 0 Å². The summed E-state index contributed by atoms with van der Waals surface area (Å²) >= 11 is 4.90. The molecule has 0 aromatic rings. The molecule has 0 aliphatic carbocycles. The highest BCUT2D eigenvalue weighted by atomic mass is 32.1. The van der Waals surface area contributed by atoms with E-state index >= 15 is 0 Å². The van der Waals surface area contributed by atoms with Crippen LogP contribution in [0.3, 0.4) is 0 Å². The van der Waals surface area contributed by atoms with Crippen LogP contribution in [0, 0.1) is 5.92 Å². The maximum Gasteiger partial charge on any atom is 0.240 e. The smallest absolute Gasteiger partial charge is 0.240 e. The van der Waals surface area contributed by atoms with E-state index < -0.39 is 6.10 Å². The molecule has 0 rings (SSSR count). The molecule has 4 N–H and O–H groups in total. The predicted octanol–water partition coefficient (Wildman–Crippen LogP) is -0.0914. The van der Waals surface area contributed by atoms with Crippen molar-refractivity contribution in [3.63, 3.8) is 0 Å². The summed E-state index contributed by atoms with van der Waals surface area (Å²) in [4.78, 5) is 11.1. The molecule has 0 aliphatic heterocycles. The second-order valence-corrected chi connectivity index (χ2v) is 4.24. The van der Waals surface area contributed by atoms with E-state index in [0.717, 1.165) is 6.54 Å². The van der Waals surface area contributed by atoms with Gasteiger partial charge < -0.3 is 10.4 Å². The molecular weight excluding hydrogens is 214 g/mol. The van der Waals surface area contributed by atoms with Gasteiger partial charge in [-0.15, -0.1) is 0 Å². The molecule has 0 saturated heterocycles. The van der Waals surface area contributed by atoms with Crippen molar-refractivity contribution in [3.05, 3.63) is 0 Å². The van der Waals surface area contributed by atoms with Crippen LogP contribution >= 0.6 is 12.2 Å². The van der Waals surface area contributed by atoms with Crippen LogP contribution in [0.1, 0.15) is 27.2 Å². The van der Waals surface area contributed by atoms with Gasteiger partial charge in [0.25, 0.3) is 0 Å². The lowest BCUT2D eigenvalue weighted by molar-refractivity contribution is -0.123. The molecule has 88 valence electrons. The van der Waals surface area contributed by atoms with Gasteiger partial charge in [-0.2, -0.15) is 0 Å². The minimum atomic E-state index is -0.649. The van der Waals surface area contributed by atoms with Gasteiger partial charge in [0.2, 0.25) is 5.91 Å². The Kier molecular flexibility index (Phi) is 6.98. The van der Waals surface area contributed by atoms with Gasteiger partial charge in [0, 0.05) is 6.54 Å². The Labute approximate surface area is 95.6 Å². The zero-order chi connectivity index (χ0) is 11.8. The van der Waals surface area contributed by atoms with E-state index in [9.17, 15) is 4.79 Å². The zero-order valence-electron chi connectivity index (χ0n) is 9.33. The minimum Gasteiger partial charge on any atom is -0.393 e. The number of rotatable bonds is 4. The molecule has 0 fully saturated rings. The van der Waals surface area contributed by atoms with E-state index in [-0.39, 0.29) is 12.3 Å². The summed E-state index contributed by atoms with van der Waals surface area (Å²) in [7, 11) is 0. The fourth-order valence-electron chi connectivity index (χ4n) is 0.787. The Hall–Kier alpha value is -0.880. The number of aliphatic hydroxyl groups excluding tert-OH is 1. The highest BCUT2D eigenvalue weighted by Crippen LogP contribution is 1.88. The number of hydrazine groups is 1. The van der Waals surface area contributed by atoms with Crippen LogP contribution in [0.5, 0.6) is 0 Å². The second kappa shape index (κ2) is 7.42. The summed E-state index contributed by atoms with van der Waals surface area (Å²) in [6.45, 7) is 6.41. The highest BCUT2D eigenvalue weighted by Gasteiger charge is 2.05. The van der Waals surface area contributed by atoms with E-state index in [1.54, 1.807) is 6.92 Å². The first-order valence-electron chi connectivity index (χ1n) is 4.92. The second-order valence-electron chi connectivity index (χ2n) is 3.83. The summed E-state index contributed by atoms with van der Waals surface area (Å²) < 4.78 is 0. The molecule has 0 saturated carbocycles. The standard InChI is InChI=1S/C9H19N3O2S/c1-6(2)5-10-9(15)12-11-8(14)4-7(3)13/h6-7,13H,4-5H2,1-3H3,(H,11,14)(H2,10,12,15)/t7-/m0/s1. The Morgan fingerprint density at radius 3 is 2.40 bits per heavy atom. The van der Waals surface area contributed by atoms with Crippen molar-refractivity contribution in [2.24, 2.45) is 5.92 Å². The molecule has 0 bridgehead atoms. The molecule has 0 unspecified atom stereocenters. The zero-order valence-corrected chi connectivity index (χ0v) is 10.1. The Balaban J connectivity index is 3.58. The van der Waals surface area contributed by atoms with E-state index in [4.69, 9.17) is 17.3 Å². The number of nitrogens with one attached hydrogen (secondary N) is 3. The van der Waals surface area contributed by atoms with Crippen LogP contribution in [-0.4, -0.2) is 28.8 Å². The first kappa shape index (κ1) is 14.1. The van der Waals surface area contributed by atoms with Crippen LogP contribution in [0.2, 0.25) is 0 Å². The lowest BCUT2D eigenvalue weighted by Crippen LogP contribution is -2.48. The summed E-state index contributed by atoms with van der Waals surface area (Å²) in [5.74, 6) is 0.191. The molecule has 0 aliphatic rings. The summed E-state index contributed by atoms with van der Waals surface area (Å²) in [5.41, 5.74) is 4.94. The largest absolute Gasteiger partial charge is 0.393 e. The molecular formula is C9H19N3O2S. The number of hydrogen-bond acceptors (Lipinski definition) is 3. The molecule has 0 spiro atoms. The van der Waals surface area contributed by atoms with Crippen LogP contribution in [0.4, 0.5) is 0 Å². The normalized spacial score (nSPS) is 12.1. The average molecular weight is 233 g/mol. The number of carbonyl (C=O) groups is 1. The third-order valence-corrected chi connectivity index (χ3v) is 1.71. The Bertz CT molecular complexity index is 219. The Morgan fingerprint density at radius 1 is 1.33 bits per heavy atom. The van der Waals surface area contributed by atoms with Crippen LogP contribution < -0.4 is 16.2 Å². The number of carbonyl (C=O) groups excluding carboxylic acids is 1. The van der Waals surface area contributed by atoms with Gasteiger partial charge in [-0.1, -0.05) is 13.8 Å². The van der Waals surface area contributed by atoms with Gasteiger partial charge >= 0.3 is 0 Å². The highest BCUT2D eigenvalue weighted by molar-refractivity contribution is 7.80. The van der Waals surface area contributed by atoms with Gasteiger partial charge in [-0.05, 0) is 25.1 Å². The number of amides is 1. The fourth-order valence-corrected chi connectivity index (χ4v) is 0.921. The third kappa shape index (κ3) is 9.42. The quantitative estimate of drug-likeness (QED) is 0.403. The van der Waals surface area contributed by atoms with Gasteiger partial charge in [0.05, 0.1) is 12.5 Å². The first-order valence-corrected chi connectivity index (χ1v) is 5.33. The molecule has 0 aromatic carbocycles. The van der Waals surface area contributed by atoms with Crippen molar-refractivity contribution in [3.8, 4) is 0 Å². The number of hydrogen-bond donors (Lipinski definition) is 4.